The second-order valence-corrected chi connectivity index (χ2v) is 6.95. The standard InChI is InChI=1S/C16H23NO3/c18-17(19-9-15-7-11-1-3-13(15)5-11)20-10-16-8-12-2-4-14(16)6-12/h1-4,11-17H,5-10H2. The molecule has 110 valence electrons. The van der Waals surface area contributed by atoms with Gasteiger partial charge in [0.25, 0.3) is 0 Å². The average Bonchev–Trinajstić information content (AvgIpc) is 3.21. The summed E-state index contributed by atoms with van der Waals surface area (Å²) >= 11 is 0. The molecule has 0 aromatic heterocycles. The second-order valence-electron chi connectivity index (χ2n) is 6.95. The Morgan fingerprint density at radius 1 is 0.800 bits per heavy atom. The Kier molecular flexibility index (Phi) is 3.42. The van der Waals surface area contributed by atoms with Gasteiger partial charge in [-0.15, -0.1) is 0 Å². The molecule has 6 unspecified atom stereocenters. The fourth-order valence-electron chi connectivity index (χ4n) is 4.56. The van der Waals surface area contributed by atoms with Crippen LogP contribution in [0.4, 0.5) is 0 Å². The summed E-state index contributed by atoms with van der Waals surface area (Å²) in [5.41, 5.74) is 0. The van der Waals surface area contributed by atoms with Crippen LogP contribution in [0.15, 0.2) is 24.3 Å². The van der Waals surface area contributed by atoms with Gasteiger partial charge in [-0.25, -0.2) is 0 Å². The number of quaternary nitrogens is 1. The van der Waals surface area contributed by atoms with Crippen molar-refractivity contribution in [2.24, 2.45) is 35.5 Å². The van der Waals surface area contributed by atoms with Gasteiger partial charge in [0.2, 0.25) is 0 Å². The number of allylic oxidation sites excluding steroid dienone is 4. The minimum atomic E-state index is -0.469. The molecule has 4 rings (SSSR count). The van der Waals surface area contributed by atoms with E-state index in [-0.39, 0.29) is 0 Å². The molecule has 4 aliphatic rings. The largest absolute Gasteiger partial charge is 0.566 e. The molecule has 0 aliphatic heterocycles. The predicted molar refractivity (Wildman–Crippen MR) is 73.9 cm³/mol. The Morgan fingerprint density at radius 2 is 1.30 bits per heavy atom. The first-order valence-corrected chi connectivity index (χ1v) is 7.94. The fourth-order valence-corrected chi connectivity index (χ4v) is 4.56. The van der Waals surface area contributed by atoms with Gasteiger partial charge >= 0.3 is 0 Å². The number of rotatable bonds is 6. The maximum Gasteiger partial charge on any atom is 0.114 e. The molecule has 2 fully saturated rings. The highest BCUT2D eigenvalue weighted by molar-refractivity contribution is 5.10. The number of hydrogen-bond donors (Lipinski definition) is 1. The van der Waals surface area contributed by atoms with E-state index in [1.165, 1.54) is 25.7 Å². The van der Waals surface area contributed by atoms with E-state index in [1.807, 2.05) is 0 Å². The summed E-state index contributed by atoms with van der Waals surface area (Å²) in [5.74, 6) is 3.74. The van der Waals surface area contributed by atoms with Crippen LogP contribution in [0, 0.1) is 40.7 Å². The average molecular weight is 277 g/mol. The first kappa shape index (κ1) is 13.0. The van der Waals surface area contributed by atoms with E-state index in [1.54, 1.807) is 0 Å². The van der Waals surface area contributed by atoms with Gasteiger partial charge in [-0.3, -0.25) is 0 Å². The maximum atomic E-state index is 11.7. The number of hydrogen-bond acceptors (Lipinski definition) is 3. The Balaban J connectivity index is 1.17. The fraction of sp³-hybridized carbons (Fsp3) is 0.750. The van der Waals surface area contributed by atoms with Crippen LogP contribution in [-0.4, -0.2) is 13.2 Å². The molecule has 0 heterocycles. The molecule has 4 heteroatoms. The first-order chi connectivity index (χ1) is 9.78. The van der Waals surface area contributed by atoms with Crippen molar-refractivity contribution in [3.63, 3.8) is 0 Å². The second kappa shape index (κ2) is 5.26. The van der Waals surface area contributed by atoms with Gasteiger partial charge in [0.1, 0.15) is 13.2 Å². The summed E-state index contributed by atoms with van der Waals surface area (Å²) in [4.78, 5) is 10.6. The van der Waals surface area contributed by atoms with Crippen molar-refractivity contribution in [3.05, 3.63) is 29.5 Å². The van der Waals surface area contributed by atoms with Crippen LogP contribution < -0.4 is 5.39 Å². The lowest BCUT2D eigenvalue weighted by atomic mass is 9.95. The van der Waals surface area contributed by atoms with Crippen LogP contribution in [0.2, 0.25) is 0 Å². The van der Waals surface area contributed by atoms with Crippen molar-refractivity contribution in [1.82, 2.24) is 0 Å². The van der Waals surface area contributed by atoms with Crippen molar-refractivity contribution in [2.75, 3.05) is 13.2 Å². The van der Waals surface area contributed by atoms with Gasteiger partial charge in [0.05, 0.1) is 0 Å². The molecule has 0 spiro atoms. The molecular formula is C16H23NO3. The van der Waals surface area contributed by atoms with Crippen molar-refractivity contribution in [1.29, 1.82) is 0 Å². The zero-order chi connectivity index (χ0) is 13.5. The van der Waals surface area contributed by atoms with E-state index in [2.05, 4.69) is 24.3 Å². The van der Waals surface area contributed by atoms with Crippen LogP contribution in [0.5, 0.6) is 0 Å². The number of fused-ring (bicyclic) bond motifs is 4. The van der Waals surface area contributed by atoms with E-state index in [4.69, 9.17) is 9.68 Å². The monoisotopic (exact) mass is 277 g/mol. The normalized spacial score (nSPS) is 45.6. The molecule has 0 radical (unpaired) electrons. The van der Waals surface area contributed by atoms with Gasteiger partial charge in [0.15, 0.2) is 0 Å². The Bertz CT molecular complexity index is 384. The molecule has 0 saturated heterocycles. The molecule has 4 bridgehead atoms. The first-order valence-electron chi connectivity index (χ1n) is 7.94. The molecule has 20 heavy (non-hydrogen) atoms. The smallest absolute Gasteiger partial charge is 0.114 e. The summed E-state index contributed by atoms with van der Waals surface area (Å²) < 4.78 is 0. The van der Waals surface area contributed by atoms with Crippen LogP contribution in [0.3, 0.4) is 0 Å². The quantitative estimate of drug-likeness (QED) is 0.593. The number of nitrogens with one attached hydrogen (secondary N) is 1. The highest BCUT2D eigenvalue weighted by Crippen LogP contribution is 2.44. The highest BCUT2D eigenvalue weighted by Gasteiger charge is 2.37. The third-order valence-corrected chi connectivity index (χ3v) is 5.66. The maximum absolute atomic E-state index is 11.7. The van der Waals surface area contributed by atoms with E-state index in [0.717, 1.165) is 11.8 Å². The summed E-state index contributed by atoms with van der Waals surface area (Å²) in [6.45, 7) is 1.06. The van der Waals surface area contributed by atoms with Crippen molar-refractivity contribution < 1.29 is 15.1 Å². The van der Waals surface area contributed by atoms with Gasteiger partial charge < -0.3 is 5.21 Å². The van der Waals surface area contributed by atoms with Gasteiger partial charge in [-0.1, -0.05) is 29.7 Å². The summed E-state index contributed by atoms with van der Waals surface area (Å²) in [6.07, 6.45) is 14.0. The lowest BCUT2D eigenvalue weighted by Crippen LogP contribution is -3.05. The third kappa shape index (κ3) is 2.46. The van der Waals surface area contributed by atoms with Crippen molar-refractivity contribution in [2.45, 2.75) is 25.7 Å². The van der Waals surface area contributed by atoms with E-state index < -0.39 is 5.39 Å². The molecular weight excluding hydrogens is 254 g/mol. The highest BCUT2D eigenvalue weighted by atomic mass is 17.1. The minimum Gasteiger partial charge on any atom is -0.566 e. The van der Waals surface area contributed by atoms with Crippen LogP contribution in [0.25, 0.3) is 0 Å². The molecule has 0 aromatic rings. The molecule has 1 N–H and O–H groups in total. The Morgan fingerprint density at radius 3 is 1.65 bits per heavy atom. The topological polar surface area (TPSA) is 46.0 Å². The lowest BCUT2D eigenvalue weighted by Gasteiger charge is -2.24. The summed E-state index contributed by atoms with van der Waals surface area (Å²) in [6, 6.07) is 0. The summed E-state index contributed by atoms with van der Waals surface area (Å²) in [5, 5.41) is 11.2. The summed E-state index contributed by atoms with van der Waals surface area (Å²) in [7, 11) is 0. The minimum absolute atomic E-state index is 0.469. The van der Waals surface area contributed by atoms with E-state index >= 15 is 0 Å². The molecule has 4 nitrogen and oxygen atoms in total. The molecule has 0 amide bonds. The predicted octanol–water partition coefficient (Wildman–Crippen LogP) is 1.66. The SMILES string of the molecule is [O-][NH+](OCC1CC2C=CC1C2)OCC1CC2C=CC1C2. The zero-order valence-electron chi connectivity index (χ0n) is 11.7. The van der Waals surface area contributed by atoms with Gasteiger partial charge in [-0.2, -0.15) is 9.68 Å². The lowest BCUT2D eigenvalue weighted by molar-refractivity contribution is -1.21. The molecule has 0 aromatic carbocycles. The van der Waals surface area contributed by atoms with Crippen molar-refractivity contribution in [3.8, 4) is 0 Å². The van der Waals surface area contributed by atoms with E-state index in [9.17, 15) is 5.21 Å². The van der Waals surface area contributed by atoms with Crippen molar-refractivity contribution >= 4 is 0 Å². The molecule has 2 saturated carbocycles. The molecule has 4 aliphatic carbocycles. The molecule has 6 atom stereocenters. The van der Waals surface area contributed by atoms with E-state index in [0.29, 0.717) is 36.9 Å². The van der Waals surface area contributed by atoms with Crippen LogP contribution >= 0.6 is 0 Å². The van der Waals surface area contributed by atoms with Gasteiger partial charge in [0, 0.05) is 0 Å². The third-order valence-electron chi connectivity index (χ3n) is 5.66. The Hall–Kier alpha value is -0.680. The van der Waals surface area contributed by atoms with Gasteiger partial charge in [-0.05, 0) is 61.2 Å². The van der Waals surface area contributed by atoms with Crippen LogP contribution in [-0.2, 0) is 9.68 Å². The zero-order valence-corrected chi connectivity index (χ0v) is 11.7. The van der Waals surface area contributed by atoms with Crippen LogP contribution in [0.1, 0.15) is 25.7 Å². The Labute approximate surface area is 119 Å².